The lowest BCUT2D eigenvalue weighted by atomic mass is 10.0. The third kappa shape index (κ3) is 1.78. The van der Waals surface area contributed by atoms with Crippen LogP contribution < -0.4 is 5.32 Å². The van der Waals surface area contributed by atoms with Gasteiger partial charge in [-0.3, -0.25) is 9.59 Å². The van der Waals surface area contributed by atoms with Gasteiger partial charge < -0.3 is 10.1 Å². The smallest absolute Gasteiger partial charge is 0.314 e. The number of fused-ring (bicyclic) bond motifs is 2. The van der Waals surface area contributed by atoms with Crippen LogP contribution in [0.25, 0.3) is 0 Å². The first kappa shape index (κ1) is 13.5. The van der Waals surface area contributed by atoms with E-state index >= 15 is 0 Å². The number of para-hydroxylation sites is 1. The van der Waals surface area contributed by atoms with Gasteiger partial charge in [0, 0.05) is 12.5 Å². The van der Waals surface area contributed by atoms with E-state index in [-0.39, 0.29) is 11.8 Å². The number of ether oxygens (including phenoxy) is 1. The molecule has 0 saturated heterocycles. The SMILES string of the molecule is CC(=O)N1N=C(c2ccccc2)OC12C(=O)Nc1ccccc12. The van der Waals surface area contributed by atoms with Gasteiger partial charge in [0.05, 0.1) is 11.3 Å². The molecule has 0 radical (unpaired) electrons. The van der Waals surface area contributed by atoms with Crippen molar-refractivity contribution in [2.24, 2.45) is 5.10 Å². The molecule has 1 atom stereocenters. The van der Waals surface area contributed by atoms with E-state index in [1.165, 1.54) is 6.92 Å². The molecule has 0 aliphatic carbocycles. The number of hydrogen-bond donors (Lipinski definition) is 1. The molecule has 6 nitrogen and oxygen atoms in total. The Balaban J connectivity index is 1.87. The van der Waals surface area contributed by atoms with Crippen LogP contribution in [-0.2, 0) is 20.1 Å². The molecular formula is C17H13N3O3. The Kier molecular flexibility index (Phi) is 2.74. The zero-order valence-electron chi connectivity index (χ0n) is 12.3. The van der Waals surface area contributed by atoms with Gasteiger partial charge in [-0.1, -0.05) is 36.4 Å². The predicted octanol–water partition coefficient (Wildman–Crippen LogP) is 2.03. The monoisotopic (exact) mass is 307 g/mol. The van der Waals surface area contributed by atoms with Gasteiger partial charge in [0.15, 0.2) is 0 Å². The van der Waals surface area contributed by atoms with Crippen LogP contribution in [0.4, 0.5) is 5.69 Å². The van der Waals surface area contributed by atoms with Crippen molar-refractivity contribution in [1.29, 1.82) is 0 Å². The van der Waals surface area contributed by atoms with Crippen molar-refractivity contribution < 1.29 is 14.3 Å². The molecule has 2 aromatic rings. The quantitative estimate of drug-likeness (QED) is 0.876. The van der Waals surface area contributed by atoms with Crippen molar-refractivity contribution in [3.05, 3.63) is 65.7 Å². The van der Waals surface area contributed by atoms with E-state index in [2.05, 4.69) is 10.4 Å². The van der Waals surface area contributed by atoms with Gasteiger partial charge in [0.25, 0.3) is 5.91 Å². The Morgan fingerprint density at radius 1 is 1.13 bits per heavy atom. The molecule has 1 unspecified atom stereocenters. The maximum absolute atomic E-state index is 12.6. The Bertz CT molecular complexity index is 847. The van der Waals surface area contributed by atoms with E-state index in [1.807, 2.05) is 36.4 Å². The van der Waals surface area contributed by atoms with E-state index in [9.17, 15) is 9.59 Å². The van der Waals surface area contributed by atoms with E-state index in [1.54, 1.807) is 18.2 Å². The molecule has 0 saturated carbocycles. The van der Waals surface area contributed by atoms with Gasteiger partial charge in [0.1, 0.15) is 0 Å². The lowest BCUT2D eigenvalue weighted by molar-refractivity contribution is -0.160. The summed E-state index contributed by atoms with van der Waals surface area (Å²) in [6.07, 6.45) is 0. The second-order valence-corrected chi connectivity index (χ2v) is 5.35. The largest absolute Gasteiger partial charge is 0.433 e. The van der Waals surface area contributed by atoms with Gasteiger partial charge >= 0.3 is 5.72 Å². The highest BCUT2D eigenvalue weighted by atomic mass is 16.6. The normalized spacial score (nSPS) is 21.7. The van der Waals surface area contributed by atoms with Crippen LogP contribution in [0.5, 0.6) is 0 Å². The van der Waals surface area contributed by atoms with Crippen LogP contribution in [0, 0.1) is 0 Å². The molecule has 1 N–H and O–H groups in total. The number of carbonyl (C=O) groups excluding carboxylic acids is 2. The van der Waals surface area contributed by atoms with Crippen LogP contribution >= 0.6 is 0 Å². The molecule has 2 aliphatic heterocycles. The number of amides is 2. The topological polar surface area (TPSA) is 71.0 Å². The maximum atomic E-state index is 12.6. The van der Waals surface area contributed by atoms with Gasteiger partial charge in [-0.25, -0.2) is 0 Å². The molecule has 2 amide bonds. The lowest BCUT2D eigenvalue weighted by Crippen LogP contribution is -2.49. The summed E-state index contributed by atoms with van der Waals surface area (Å²) in [5, 5.41) is 8.12. The zero-order valence-corrected chi connectivity index (χ0v) is 12.3. The summed E-state index contributed by atoms with van der Waals surface area (Å²) in [6, 6.07) is 16.3. The zero-order chi connectivity index (χ0) is 16.0. The minimum Gasteiger partial charge on any atom is -0.433 e. The van der Waals surface area contributed by atoms with E-state index in [0.717, 1.165) is 5.01 Å². The highest BCUT2D eigenvalue weighted by Crippen LogP contribution is 2.45. The Morgan fingerprint density at radius 3 is 2.57 bits per heavy atom. The summed E-state index contributed by atoms with van der Waals surface area (Å²) in [5.74, 6) is -0.556. The molecule has 2 heterocycles. The highest BCUT2D eigenvalue weighted by Gasteiger charge is 2.59. The summed E-state index contributed by atoms with van der Waals surface area (Å²) >= 11 is 0. The molecule has 4 rings (SSSR count). The number of nitrogens with zero attached hydrogens (tertiary/aromatic N) is 2. The van der Waals surface area contributed by atoms with Crippen LogP contribution in [-0.4, -0.2) is 22.7 Å². The number of hydrazone groups is 1. The van der Waals surface area contributed by atoms with Crippen molar-refractivity contribution in [1.82, 2.24) is 5.01 Å². The summed E-state index contributed by atoms with van der Waals surface area (Å²) < 4.78 is 5.95. The van der Waals surface area contributed by atoms with E-state index < -0.39 is 11.6 Å². The van der Waals surface area contributed by atoms with Crippen molar-refractivity contribution in [3.63, 3.8) is 0 Å². The number of nitrogens with one attached hydrogen (secondary N) is 1. The van der Waals surface area contributed by atoms with Crippen molar-refractivity contribution in [2.45, 2.75) is 12.6 Å². The number of anilines is 1. The van der Waals surface area contributed by atoms with Crippen molar-refractivity contribution in [3.8, 4) is 0 Å². The minimum atomic E-state index is -1.58. The highest BCUT2D eigenvalue weighted by molar-refractivity contribution is 6.10. The molecule has 0 aromatic heterocycles. The summed E-state index contributed by atoms with van der Waals surface area (Å²) in [6.45, 7) is 1.36. The molecule has 2 aliphatic rings. The molecule has 0 bridgehead atoms. The Morgan fingerprint density at radius 2 is 1.83 bits per heavy atom. The van der Waals surface area contributed by atoms with E-state index in [4.69, 9.17) is 4.74 Å². The molecule has 2 aromatic carbocycles. The fourth-order valence-electron chi connectivity index (χ4n) is 2.88. The van der Waals surface area contributed by atoms with Gasteiger partial charge in [-0.2, -0.15) is 5.01 Å². The first-order chi connectivity index (χ1) is 11.1. The minimum absolute atomic E-state index is 0.243. The fourth-order valence-corrected chi connectivity index (χ4v) is 2.88. The number of carbonyl (C=O) groups is 2. The van der Waals surface area contributed by atoms with Gasteiger partial charge in [0.2, 0.25) is 11.8 Å². The molecule has 114 valence electrons. The molecule has 1 spiro atoms. The molecule has 0 fully saturated rings. The van der Waals surface area contributed by atoms with Crippen molar-refractivity contribution in [2.75, 3.05) is 5.32 Å². The number of hydrogen-bond acceptors (Lipinski definition) is 4. The molecule has 23 heavy (non-hydrogen) atoms. The number of benzene rings is 2. The third-order valence-electron chi connectivity index (χ3n) is 3.90. The summed E-state index contributed by atoms with van der Waals surface area (Å²) in [4.78, 5) is 24.7. The van der Waals surface area contributed by atoms with Gasteiger partial charge in [-0.15, -0.1) is 5.10 Å². The first-order valence-electron chi connectivity index (χ1n) is 7.18. The third-order valence-corrected chi connectivity index (χ3v) is 3.90. The second kappa shape index (κ2) is 4.67. The van der Waals surface area contributed by atoms with Crippen LogP contribution in [0.1, 0.15) is 18.1 Å². The average Bonchev–Trinajstić information content (AvgIpc) is 3.10. The van der Waals surface area contributed by atoms with Crippen LogP contribution in [0.3, 0.4) is 0 Å². The predicted molar refractivity (Wildman–Crippen MR) is 83.3 cm³/mol. The molecular weight excluding hydrogens is 294 g/mol. The molecule has 6 heteroatoms. The average molecular weight is 307 g/mol. The first-order valence-corrected chi connectivity index (χ1v) is 7.18. The lowest BCUT2D eigenvalue weighted by Gasteiger charge is -2.28. The van der Waals surface area contributed by atoms with E-state index in [0.29, 0.717) is 16.8 Å². The summed E-state index contributed by atoms with van der Waals surface area (Å²) in [5.41, 5.74) is 0.323. The standard InChI is InChI=1S/C17H13N3O3/c1-11(21)20-17(13-9-5-6-10-14(13)18-16(17)22)23-15(19-20)12-7-3-2-4-8-12/h2-10H,1H3,(H,18,22). The van der Waals surface area contributed by atoms with Crippen molar-refractivity contribution >= 4 is 23.4 Å². The Labute approximate surface area is 132 Å². The summed E-state index contributed by atoms with van der Waals surface area (Å²) in [7, 11) is 0. The van der Waals surface area contributed by atoms with Gasteiger partial charge in [-0.05, 0) is 18.2 Å². The fraction of sp³-hybridized carbons (Fsp3) is 0.118. The second-order valence-electron chi connectivity index (χ2n) is 5.35. The Hall–Kier alpha value is -3.15. The van der Waals surface area contributed by atoms with Crippen LogP contribution in [0.2, 0.25) is 0 Å². The van der Waals surface area contributed by atoms with Crippen LogP contribution in [0.15, 0.2) is 59.7 Å². The maximum Gasteiger partial charge on any atom is 0.314 e. The number of rotatable bonds is 1.